The lowest BCUT2D eigenvalue weighted by Crippen LogP contribution is -2.44. The van der Waals surface area contributed by atoms with E-state index in [0.29, 0.717) is 6.54 Å². The Morgan fingerprint density at radius 1 is 1.00 bits per heavy atom. The molecule has 0 radical (unpaired) electrons. The molecule has 0 saturated carbocycles. The van der Waals surface area contributed by atoms with Crippen LogP contribution in [0.25, 0.3) is 0 Å². The number of hydrogen-bond donors (Lipinski definition) is 0. The molecule has 0 atom stereocenters. The summed E-state index contributed by atoms with van der Waals surface area (Å²) in [5.74, 6) is -0.167. The minimum atomic E-state index is -0.318. The van der Waals surface area contributed by atoms with Gasteiger partial charge in [0.15, 0.2) is 0 Å². The van der Waals surface area contributed by atoms with Gasteiger partial charge in [0.1, 0.15) is 6.54 Å². The Labute approximate surface area is 154 Å². The molecule has 26 heavy (non-hydrogen) atoms. The number of hydrogen-bond acceptors (Lipinski definition) is 5. The molecule has 0 spiro atoms. The van der Waals surface area contributed by atoms with Gasteiger partial charge in [-0.15, -0.1) is 0 Å². The van der Waals surface area contributed by atoms with Crippen LogP contribution in [0.1, 0.15) is 18.4 Å². The number of likely N-dealkylation sites (N-methyl/N-ethyl adjacent to an activating group) is 1. The number of carbonyl (C=O) groups excluding carboxylic acids is 2. The van der Waals surface area contributed by atoms with E-state index in [1.807, 2.05) is 30.3 Å². The highest BCUT2D eigenvalue weighted by Crippen LogP contribution is 2.12. The van der Waals surface area contributed by atoms with Gasteiger partial charge >= 0.3 is 6.03 Å². The van der Waals surface area contributed by atoms with E-state index >= 15 is 0 Å². The Balaban J connectivity index is 1.42. The van der Waals surface area contributed by atoms with E-state index in [9.17, 15) is 9.59 Å². The molecule has 0 unspecified atom stereocenters. The zero-order valence-corrected chi connectivity index (χ0v) is 15.4. The Morgan fingerprint density at radius 2 is 1.69 bits per heavy atom. The van der Waals surface area contributed by atoms with E-state index in [2.05, 4.69) is 21.9 Å². The fraction of sp³-hybridized carbons (Fsp3) is 0.526. The third-order valence-electron chi connectivity index (χ3n) is 4.89. The summed E-state index contributed by atoms with van der Waals surface area (Å²) in [5, 5.41) is 5.41. The van der Waals surface area contributed by atoms with Crippen molar-refractivity contribution in [3.8, 4) is 0 Å². The molecule has 3 amide bonds. The molecule has 1 aromatic carbocycles. The van der Waals surface area contributed by atoms with Gasteiger partial charge in [-0.25, -0.2) is 9.80 Å². The summed E-state index contributed by atoms with van der Waals surface area (Å²) in [6.45, 7) is 5.94. The first-order valence-electron chi connectivity index (χ1n) is 9.25. The van der Waals surface area contributed by atoms with Gasteiger partial charge in [-0.2, -0.15) is 5.10 Å². The molecule has 7 heteroatoms. The lowest BCUT2D eigenvalue weighted by atomic mass is 10.2. The predicted molar refractivity (Wildman–Crippen MR) is 101 cm³/mol. The summed E-state index contributed by atoms with van der Waals surface area (Å²) < 4.78 is 0. The maximum absolute atomic E-state index is 12.4. The van der Waals surface area contributed by atoms with Crippen molar-refractivity contribution in [2.24, 2.45) is 5.10 Å². The zero-order valence-electron chi connectivity index (χ0n) is 15.4. The van der Waals surface area contributed by atoms with Crippen LogP contribution in [0.15, 0.2) is 35.4 Å². The molecule has 2 aliphatic heterocycles. The van der Waals surface area contributed by atoms with Crippen molar-refractivity contribution >= 4 is 18.2 Å². The monoisotopic (exact) mass is 357 g/mol. The number of imide groups is 1. The van der Waals surface area contributed by atoms with E-state index in [0.717, 1.165) is 51.1 Å². The molecule has 140 valence electrons. The lowest BCUT2D eigenvalue weighted by molar-refractivity contribution is -0.125. The normalized spacial score (nSPS) is 19.9. The fourth-order valence-corrected chi connectivity index (χ4v) is 3.19. The summed E-state index contributed by atoms with van der Waals surface area (Å²) in [5.41, 5.74) is 0.901. The van der Waals surface area contributed by atoms with Crippen LogP contribution in [0, 0.1) is 0 Å². The molecule has 0 bridgehead atoms. The van der Waals surface area contributed by atoms with E-state index in [1.54, 1.807) is 6.21 Å². The van der Waals surface area contributed by atoms with Gasteiger partial charge < -0.3 is 9.80 Å². The first-order chi connectivity index (χ1) is 12.6. The summed E-state index contributed by atoms with van der Waals surface area (Å²) in [6, 6.07) is 9.23. The first kappa shape index (κ1) is 18.5. The average molecular weight is 357 g/mol. The molecule has 2 saturated heterocycles. The number of rotatable bonds is 7. The number of nitrogens with zero attached hydrogens (tertiary/aromatic N) is 5. The number of amides is 3. The van der Waals surface area contributed by atoms with Crippen molar-refractivity contribution in [1.82, 2.24) is 19.7 Å². The van der Waals surface area contributed by atoms with Crippen molar-refractivity contribution < 1.29 is 9.59 Å². The zero-order chi connectivity index (χ0) is 18.4. The van der Waals surface area contributed by atoms with E-state index in [4.69, 9.17) is 0 Å². The Morgan fingerprint density at radius 3 is 2.42 bits per heavy atom. The number of benzene rings is 1. The van der Waals surface area contributed by atoms with Crippen molar-refractivity contribution in [1.29, 1.82) is 0 Å². The van der Waals surface area contributed by atoms with Crippen LogP contribution in [-0.4, -0.2) is 90.7 Å². The van der Waals surface area contributed by atoms with Gasteiger partial charge in [0.25, 0.3) is 5.91 Å². The van der Waals surface area contributed by atoms with Crippen molar-refractivity contribution in [2.75, 3.05) is 52.9 Å². The van der Waals surface area contributed by atoms with Crippen LogP contribution >= 0.6 is 0 Å². The molecular weight excluding hydrogens is 330 g/mol. The predicted octanol–water partition coefficient (Wildman–Crippen LogP) is 1.31. The van der Waals surface area contributed by atoms with Gasteiger partial charge in [-0.05, 0) is 32.0 Å². The van der Waals surface area contributed by atoms with Gasteiger partial charge in [0.05, 0.1) is 6.21 Å². The maximum Gasteiger partial charge on any atom is 0.347 e. The van der Waals surface area contributed by atoms with Gasteiger partial charge in [-0.3, -0.25) is 9.69 Å². The summed E-state index contributed by atoms with van der Waals surface area (Å²) in [6.07, 6.45) is 3.44. The second-order valence-electron chi connectivity index (χ2n) is 6.89. The topological polar surface area (TPSA) is 59.5 Å². The molecule has 7 nitrogen and oxygen atoms in total. The lowest BCUT2D eigenvalue weighted by Gasteiger charge is -2.32. The summed E-state index contributed by atoms with van der Waals surface area (Å²) in [7, 11) is 2.15. The van der Waals surface area contributed by atoms with Crippen LogP contribution in [0.2, 0.25) is 0 Å². The molecule has 2 fully saturated rings. The van der Waals surface area contributed by atoms with Crippen LogP contribution in [0.5, 0.6) is 0 Å². The molecule has 3 rings (SSSR count). The van der Waals surface area contributed by atoms with Gasteiger partial charge in [-0.1, -0.05) is 30.3 Å². The SMILES string of the molecule is CN1CCN(CCCCN2C(=O)CN(/N=C/c3ccccc3)C2=O)CC1. The van der Waals surface area contributed by atoms with Gasteiger partial charge in [0, 0.05) is 32.7 Å². The Kier molecular flexibility index (Phi) is 6.35. The van der Waals surface area contributed by atoms with Crippen molar-refractivity contribution in [3.05, 3.63) is 35.9 Å². The standard InChI is InChI=1S/C19H27N5O2/c1-21-11-13-22(14-12-21)9-5-6-10-23-18(25)16-24(19(23)26)20-15-17-7-3-2-4-8-17/h2-4,7-8,15H,5-6,9-14,16H2,1H3/b20-15+. The minimum Gasteiger partial charge on any atom is -0.304 e. The van der Waals surface area contributed by atoms with Crippen LogP contribution in [0.4, 0.5) is 4.79 Å². The third kappa shape index (κ3) is 4.89. The van der Waals surface area contributed by atoms with Crippen LogP contribution in [0.3, 0.4) is 0 Å². The number of hydrazone groups is 1. The first-order valence-corrected chi connectivity index (χ1v) is 9.25. The van der Waals surface area contributed by atoms with E-state index < -0.39 is 0 Å². The highest BCUT2D eigenvalue weighted by atomic mass is 16.2. The molecule has 1 aromatic rings. The molecule has 0 N–H and O–H groups in total. The number of urea groups is 1. The summed E-state index contributed by atoms with van der Waals surface area (Å²) >= 11 is 0. The quantitative estimate of drug-likeness (QED) is 0.419. The molecular formula is C19H27N5O2. The Bertz CT molecular complexity index is 641. The van der Waals surface area contributed by atoms with Crippen molar-refractivity contribution in [2.45, 2.75) is 12.8 Å². The van der Waals surface area contributed by atoms with Gasteiger partial charge in [0.2, 0.25) is 0 Å². The highest BCUT2D eigenvalue weighted by Gasteiger charge is 2.35. The molecule has 0 aromatic heterocycles. The highest BCUT2D eigenvalue weighted by molar-refractivity contribution is 6.02. The van der Waals surface area contributed by atoms with Crippen molar-refractivity contribution in [3.63, 3.8) is 0 Å². The molecule has 2 heterocycles. The molecule has 2 aliphatic rings. The average Bonchev–Trinajstić information content (AvgIpc) is 2.93. The number of piperazine rings is 1. The largest absolute Gasteiger partial charge is 0.347 e. The summed E-state index contributed by atoms with van der Waals surface area (Å²) in [4.78, 5) is 30.6. The number of carbonyl (C=O) groups is 2. The van der Waals surface area contributed by atoms with E-state index in [1.165, 1.54) is 9.91 Å². The smallest absolute Gasteiger partial charge is 0.304 e. The molecule has 0 aliphatic carbocycles. The van der Waals surface area contributed by atoms with Crippen LogP contribution in [-0.2, 0) is 4.79 Å². The fourth-order valence-electron chi connectivity index (χ4n) is 3.19. The second-order valence-corrected chi connectivity index (χ2v) is 6.89. The minimum absolute atomic E-state index is 0.0284. The number of unbranched alkanes of at least 4 members (excludes halogenated alkanes) is 1. The Hall–Kier alpha value is -2.25. The maximum atomic E-state index is 12.4. The second kappa shape index (κ2) is 8.91. The third-order valence-corrected chi connectivity index (χ3v) is 4.89. The van der Waals surface area contributed by atoms with E-state index in [-0.39, 0.29) is 18.5 Å². The van der Waals surface area contributed by atoms with Crippen LogP contribution < -0.4 is 0 Å².